The molecule has 33 heavy (non-hydrogen) atoms. The number of alkyl halides is 6. The van der Waals surface area contributed by atoms with E-state index in [-0.39, 0.29) is 24.0 Å². The van der Waals surface area contributed by atoms with Crippen LogP contribution in [0.4, 0.5) is 26.3 Å². The summed E-state index contributed by atoms with van der Waals surface area (Å²) >= 11 is 6.02. The van der Waals surface area contributed by atoms with Crippen LogP contribution < -0.4 is 5.76 Å². The van der Waals surface area contributed by atoms with Gasteiger partial charge in [-0.25, -0.2) is 9.48 Å². The third-order valence-electron chi connectivity index (χ3n) is 4.57. The van der Waals surface area contributed by atoms with Crippen LogP contribution in [0.3, 0.4) is 0 Å². The van der Waals surface area contributed by atoms with Crippen molar-refractivity contribution in [3.63, 3.8) is 0 Å². The fraction of sp³-hybridized carbons (Fsp3) is 0.150. The van der Waals surface area contributed by atoms with E-state index in [2.05, 4.69) is 19.8 Å². The Balaban J connectivity index is 1.89. The molecule has 0 saturated carbocycles. The molecule has 2 heterocycles. The van der Waals surface area contributed by atoms with E-state index < -0.39 is 34.9 Å². The molecule has 6 nitrogen and oxygen atoms in total. The maximum Gasteiger partial charge on any atom is 0.438 e. The van der Waals surface area contributed by atoms with Gasteiger partial charge in [0, 0.05) is 28.8 Å². The van der Waals surface area contributed by atoms with Crippen molar-refractivity contribution >= 4 is 11.6 Å². The van der Waals surface area contributed by atoms with E-state index in [9.17, 15) is 31.1 Å². The summed E-state index contributed by atoms with van der Waals surface area (Å²) in [5.41, 5.74) is -2.41. The number of benzene rings is 2. The van der Waals surface area contributed by atoms with E-state index in [1.165, 1.54) is 12.3 Å². The highest BCUT2D eigenvalue weighted by molar-refractivity contribution is 6.30. The zero-order valence-corrected chi connectivity index (χ0v) is 16.9. The maximum atomic E-state index is 13.3. The van der Waals surface area contributed by atoms with Crippen molar-refractivity contribution in [3.05, 3.63) is 86.7 Å². The summed E-state index contributed by atoms with van der Waals surface area (Å²) in [5, 5.41) is 8.08. The summed E-state index contributed by atoms with van der Waals surface area (Å²) in [6.07, 6.45) is -8.85. The Bertz CT molecular complexity index is 1340. The maximum absolute atomic E-state index is 13.3. The zero-order valence-electron chi connectivity index (χ0n) is 16.1. The van der Waals surface area contributed by atoms with Crippen LogP contribution in [-0.4, -0.2) is 19.9 Å². The molecule has 4 aromatic rings. The minimum absolute atomic E-state index is 0.0337. The predicted molar refractivity (Wildman–Crippen MR) is 104 cm³/mol. The monoisotopic (exact) mass is 488 g/mol. The smallest absolute Gasteiger partial charge is 0.296 e. The number of halogens is 7. The second-order valence-corrected chi connectivity index (χ2v) is 7.38. The van der Waals surface area contributed by atoms with Crippen LogP contribution in [0.15, 0.2) is 58.0 Å². The molecule has 4 rings (SSSR count). The number of hydrogen-bond donors (Lipinski definition) is 1. The number of nitrogens with one attached hydrogen (secondary N) is 1. The summed E-state index contributed by atoms with van der Waals surface area (Å²) in [5.74, 6) is -0.739. The fourth-order valence-electron chi connectivity index (χ4n) is 3.14. The Morgan fingerprint density at radius 3 is 2.21 bits per heavy atom. The minimum Gasteiger partial charge on any atom is -0.296 e. The number of H-pyrrole nitrogens is 1. The predicted octanol–water partition coefficient (Wildman–Crippen LogP) is 5.50. The van der Waals surface area contributed by atoms with Crippen LogP contribution in [0.5, 0.6) is 0 Å². The molecule has 0 aliphatic carbocycles. The van der Waals surface area contributed by atoms with Gasteiger partial charge in [-0.3, -0.25) is 9.51 Å². The number of hydrogen-bond acceptors (Lipinski definition) is 4. The lowest BCUT2D eigenvalue weighted by Crippen LogP contribution is -2.12. The van der Waals surface area contributed by atoms with Gasteiger partial charge in [0.05, 0.1) is 22.5 Å². The first kappa shape index (κ1) is 22.6. The molecule has 0 unspecified atom stereocenters. The zero-order chi connectivity index (χ0) is 24.0. The Hall–Kier alpha value is -3.54. The summed E-state index contributed by atoms with van der Waals surface area (Å²) in [4.78, 5) is 13.6. The second kappa shape index (κ2) is 8.10. The minimum atomic E-state index is -5.01. The van der Waals surface area contributed by atoms with Gasteiger partial charge in [0.15, 0.2) is 5.82 Å². The molecule has 0 radical (unpaired) electrons. The molecule has 0 saturated heterocycles. The van der Waals surface area contributed by atoms with Gasteiger partial charge < -0.3 is 0 Å². The Labute approximate surface area is 185 Å². The Kier molecular flexibility index (Phi) is 5.56. The van der Waals surface area contributed by atoms with E-state index in [1.54, 1.807) is 18.2 Å². The van der Waals surface area contributed by atoms with Crippen LogP contribution >= 0.6 is 11.6 Å². The topological polar surface area (TPSA) is 76.7 Å². The average molecular weight is 489 g/mol. The van der Waals surface area contributed by atoms with E-state index in [4.69, 9.17) is 11.6 Å². The van der Waals surface area contributed by atoms with Gasteiger partial charge in [-0.05, 0) is 30.3 Å². The van der Waals surface area contributed by atoms with Crippen LogP contribution in [0.25, 0.3) is 16.9 Å². The molecule has 1 N–H and O–H groups in total. The molecule has 13 heteroatoms. The highest BCUT2D eigenvalue weighted by atomic mass is 35.5. The van der Waals surface area contributed by atoms with Gasteiger partial charge in [0.1, 0.15) is 0 Å². The largest absolute Gasteiger partial charge is 0.438 e. The van der Waals surface area contributed by atoms with Crippen molar-refractivity contribution in [1.29, 1.82) is 0 Å². The van der Waals surface area contributed by atoms with Gasteiger partial charge in [-0.2, -0.15) is 31.4 Å². The van der Waals surface area contributed by atoms with E-state index in [1.807, 2.05) is 0 Å². The fourth-order valence-corrected chi connectivity index (χ4v) is 3.33. The highest BCUT2D eigenvalue weighted by Crippen LogP contribution is 2.37. The van der Waals surface area contributed by atoms with Gasteiger partial charge >= 0.3 is 18.1 Å². The molecule has 2 aromatic heterocycles. The second-order valence-electron chi connectivity index (χ2n) is 6.94. The lowest BCUT2D eigenvalue weighted by atomic mass is 10.1. The standard InChI is InChI=1S/C20H11ClF6N4O2/c21-14-3-1-2-10(4-14)17-11(5-16-28-18(32)33-30-16)9-31(29-17)15-7-12(19(22,23)24)6-13(8-15)20(25,26)27/h1-4,6-9H,5H2,(H,28,30,32). The molecule has 0 amide bonds. The summed E-state index contributed by atoms with van der Waals surface area (Å²) in [6.45, 7) is 0. The molecule has 0 spiro atoms. The van der Waals surface area contributed by atoms with Crippen molar-refractivity contribution in [2.45, 2.75) is 18.8 Å². The normalized spacial score (nSPS) is 12.3. The Morgan fingerprint density at radius 2 is 1.67 bits per heavy atom. The molecule has 2 aromatic carbocycles. The number of nitrogens with zero attached hydrogens (tertiary/aromatic N) is 3. The van der Waals surface area contributed by atoms with E-state index >= 15 is 0 Å². The molecule has 0 atom stereocenters. The molecule has 0 bridgehead atoms. The number of aromatic nitrogens is 4. The van der Waals surface area contributed by atoms with Crippen molar-refractivity contribution in [2.24, 2.45) is 0 Å². The molecular weight excluding hydrogens is 478 g/mol. The number of aromatic amines is 1. The lowest BCUT2D eigenvalue weighted by molar-refractivity contribution is -0.143. The molecule has 0 aliphatic heterocycles. The molecule has 0 fully saturated rings. The summed E-state index contributed by atoms with van der Waals surface area (Å²) in [6, 6.07) is 7.48. The molecule has 172 valence electrons. The van der Waals surface area contributed by atoms with Gasteiger partial charge in [-0.15, -0.1) is 0 Å². The van der Waals surface area contributed by atoms with Crippen molar-refractivity contribution < 1.29 is 30.9 Å². The Morgan fingerprint density at radius 1 is 1.00 bits per heavy atom. The van der Waals surface area contributed by atoms with E-state index in [0.29, 0.717) is 28.3 Å². The van der Waals surface area contributed by atoms with Gasteiger partial charge in [0.25, 0.3) is 0 Å². The van der Waals surface area contributed by atoms with Crippen LogP contribution in [0, 0.1) is 0 Å². The molecule has 0 aliphatic rings. The van der Waals surface area contributed by atoms with Gasteiger partial charge in [-0.1, -0.05) is 28.9 Å². The van der Waals surface area contributed by atoms with Crippen LogP contribution in [-0.2, 0) is 18.8 Å². The van der Waals surface area contributed by atoms with Gasteiger partial charge in [0.2, 0.25) is 0 Å². The quantitative estimate of drug-likeness (QED) is 0.385. The number of rotatable bonds is 4. The van der Waals surface area contributed by atoms with Crippen LogP contribution in [0.2, 0.25) is 5.02 Å². The highest BCUT2D eigenvalue weighted by Gasteiger charge is 2.37. The summed E-state index contributed by atoms with van der Waals surface area (Å²) < 4.78 is 85.0. The molecular formula is C20H11ClF6N4O2. The summed E-state index contributed by atoms with van der Waals surface area (Å²) in [7, 11) is 0. The third-order valence-corrected chi connectivity index (χ3v) is 4.80. The van der Waals surface area contributed by atoms with Crippen molar-refractivity contribution in [1.82, 2.24) is 19.9 Å². The van der Waals surface area contributed by atoms with Crippen molar-refractivity contribution in [2.75, 3.05) is 0 Å². The first-order valence-corrected chi connectivity index (χ1v) is 9.47. The first-order chi connectivity index (χ1) is 15.4. The van der Waals surface area contributed by atoms with E-state index in [0.717, 1.165) is 4.68 Å². The average Bonchev–Trinajstić information content (AvgIpc) is 3.33. The lowest BCUT2D eigenvalue weighted by Gasteiger charge is -2.14. The third kappa shape index (κ3) is 4.95. The van der Waals surface area contributed by atoms with Crippen molar-refractivity contribution in [3.8, 4) is 16.9 Å². The SMILES string of the molecule is O=c1[nH]c(Cc2cn(-c3cc(C(F)(F)F)cc(C(F)(F)F)c3)nc2-c2cccc(Cl)c2)no1. The first-order valence-electron chi connectivity index (χ1n) is 9.09. The van der Waals surface area contributed by atoms with Crippen LogP contribution in [0.1, 0.15) is 22.5 Å².